The van der Waals surface area contributed by atoms with Gasteiger partial charge in [-0.25, -0.2) is 0 Å². The lowest BCUT2D eigenvalue weighted by atomic mass is 9.88. The van der Waals surface area contributed by atoms with E-state index >= 15 is 0 Å². The third-order valence-corrected chi connectivity index (χ3v) is 5.65. The minimum Gasteiger partial charge on any atom is -0.489 e. The molecule has 2 aliphatic rings. The lowest BCUT2D eigenvalue weighted by Crippen LogP contribution is -2.42. The Bertz CT molecular complexity index is 762. The molecule has 1 amide bonds. The summed E-state index contributed by atoms with van der Waals surface area (Å²) in [4.78, 5) is 16.7. The summed E-state index contributed by atoms with van der Waals surface area (Å²) in [6, 6.07) is 18.5. The molecule has 0 spiro atoms. The lowest BCUT2D eigenvalue weighted by molar-refractivity contribution is -0.137. The molecule has 4 heteroatoms. The molecule has 0 saturated carbocycles. The SMILES string of the molecule is CN1CC[C@@H]2CN(Cc3ccccc3OCc3ccccc3)C[C@@H]2C1=O. The molecule has 2 atom stereocenters. The summed E-state index contributed by atoms with van der Waals surface area (Å²) >= 11 is 0. The Balaban J connectivity index is 1.42. The fraction of sp³-hybridized carbons (Fsp3) is 0.409. The van der Waals surface area contributed by atoms with Gasteiger partial charge < -0.3 is 9.64 Å². The minimum atomic E-state index is 0.172. The molecule has 0 radical (unpaired) electrons. The number of carbonyl (C=O) groups is 1. The Kier molecular flexibility index (Phi) is 4.93. The van der Waals surface area contributed by atoms with Gasteiger partial charge in [0.1, 0.15) is 12.4 Å². The monoisotopic (exact) mass is 350 g/mol. The van der Waals surface area contributed by atoms with Gasteiger partial charge in [0, 0.05) is 38.8 Å². The van der Waals surface area contributed by atoms with Gasteiger partial charge in [0.15, 0.2) is 0 Å². The van der Waals surface area contributed by atoms with E-state index in [4.69, 9.17) is 4.74 Å². The van der Waals surface area contributed by atoms with E-state index < -0.39 is 0 Å². The Morgan fingerprint density at radius 3 is 2.65 bits per heavy atom. The summed E-state index contributed by atoms with van der Waals surface area (Å²) < 4.78 is 6.09. The number of rotatable bonds is 5. The second-order valence-electron chi connectivity index (χ2n) is 7.49. The van der Waals surface area contributed by atoms with Crippen LogP contribution in [0, 0.1) is 11.8 Å². The van der Waals surface area contributed by atoms with Crippen molar-refractivity contribution in [1.82, 2.24) is 9.80 Å². The van der Waals surface area contributed by atoms with E-state index in [1.165, 1.54) is 11.1 Å². The molecular weight excluding hydrogens is 324 g/mol. The molecular formula is C22H26N2O2. The van der Waals surface area contributed by atoms with Crippen molar-refractivity contribution < 1.29 is 9.53 Å². The molecule has 0 bridgehead atoms. The highest BCUT2D eigenvalue weighted by Gasteiger charge is 2.41. The van der Waals surface area contributed by atoms with Crippen LogP contribution < -0.4 is 4.74 Å². The van der Waals surface area contributed by atoms with E-state index in [0.717, 1.165) is 38.3 Å². The number of amides is 1. The van der Waals surface area contributed by atoms with Gasteiger partial charge in [-0.3, -0.25) is 9.69 Å². The zero-order chi connectivity index (χ0) is 17.9. The number of nitrogens with zero attached hydrogens (tertiary/aromatic N) is 2. The summed E-state index contributed by atoms with van der Waals surface area (Å²) in [6.07, 6.45) is 1.12. The van der Waals surface area contributed by atoms with Crippen molar-refractivity contribution in [2.45, 2.75) is 19.6 Å². The number of hydrogen-bond donors (Lipinski definition) is 0. The molecule has 0 N–H and O–H groups in total. The summed E-state index contributed by atoms with van der Waals surface area (Å²) in [7, 11) is 1.92. The zero-order valence-corrected chi connectivity index (χ0v) is 15.3. The van der Waals surface area contributed by atoms with Crippen molar-refractivity contribution in [3.63, 3.8) is 0 Å². The molecule has 26 heavy (non-hydrogen) atoms. The number of fused-ring (bicyclic) bond motifs is 1. The van der Waals surface area contributed by atoms with E-state index in [1.54, 1.807) is 0 Å². The Labute approximate surface area is 155 Å². The number of carbonyl (C=O) groups excluding carboxylic acids is 1. The van der Waals surface area contributed by atoms with Crippen LogP contribution in [0.5, 0.6) is 5.75 Å². The molecule has 2 fully saturated rings. The number of likely N-dealkylation sites (tertiary alicyclic amines) is 2. The Hall–Kier alpha value is -2.33. The molecule has 0 aliphatic carbocycles. The third-order valence-electron chi connectivity index (χ3n) is 5.65. The van der Waals surface area contributed by atoms with Crippen molar-refractivity contribution >= 4 is 5.91 Å². The van der Waals surface area contributed by atoms with Crippen LogP contribution in [-0.2, 0) is 17.9 Å². The minimum absolute atomic E-state index is 0.172. The second kappa shape index (κ2) is 7.50. The van der Waals surface area contributed by atoms with Gasteiger partial charge in [-0.2, -0.15) is 0 Å². The molecule has 4 rings (SSSR count). The summed E-state index contributed by atoms with van der Waals surface area (Å²) in [5.41, 5.74) is 2.37. The van der Waals surface area contributed by atoms with Crippen molar-refractivity contribution in [3.05, 3.63) is 65.7 Å². The van der Waals surface area contributed by atoms with Gasteiger partial charge in [0.2, 0.25) is 5.91 Å². The molecule has 4 nitrogen and oxygen atoms in total. The van der Waals surface area contributed by atoms with Crippen molar-refractivity contribution in [3.8, 4) is 5.75 Å². The number of piperidine rings is 1. The molecule has 2 aromatic carbocycles. The maximum atomic E-state index is 12.4. The normalized spacial score (nSPS) is 23.1. The Morgan fingerprint density at radius 1 is 1.04 bits per heavy atom. The molecule has 136 valence electrons. The van der Waals surface area contributed by atoms with Crippen molar-refractivity contribution in [1.29, 1.82) is 0 Å². The molecule has 2 aliphatic heterocycles. The predicted molar refractivity (Wildman–Crippen MR) is 102 cm³/mol. The Morgan fingerprint density at radius 2 is 1.81 bits per heavy atom. The largest absolute Gasteiger partial charge is 0.489 e. The molecule has 0 unspecified atom stereocenters. The van der Waals surface area contributed by atoms with E-state index in [9.17, 15) is 4.79 Å². The number of ether oxygens (including phenoxy) is 1. The van der Waals surface area contributed by atoms with Gasteiger partial charge in [-0.15, -0.1) is 0 Å². The highest BCUT2D eigenvalue weighted by molar-refractivity contribution is 5.80. The number of benzene rings is 2. The number of para-hydroxylation sites is 1. The van der Waals surface area contributed by atoms with Gasteiger partial charge in [-0.1, -0.05) is 48.5 Å². The van der Waals surface area contributed by atoms with E-state index in [2.05, 4.69) is 29.2 Å². The van der Waals surface area contributed by atoms with Gasteiger partial charge >= 0.3 is 0 Å². The summed E-state index contributed by atoms with van der Waals surface area (Å²) in [5.74, 6) is 1.94. The smallest absolute Gasteiger partial charge is 0.227 e. The second-order valence-corrected chi connectivity index (χ2v) is 7.49. The van der Waals surface area contributed by atoms with Crippen LogP contribution in [-0.4, -0.2) is 42.4 Å². The highest BCUT2D eigenvalue weighted by atomic mass is 16.5. The van der Waals surface area contributed by atoms with Crippen molar-refractivity contribution in [2.75, 3.05) is 26.7 Å². The third kappa shape index (κ3) is 3.61. The number of hydrogen-bond acceptors (Lipinski definition) is 3. The van der Waals surface area contributed by atoms with Crippen LogP contribution in [0.2, 0.25) is 0 Å². The first-order valence-corrected chi connectivity index (χ1v) is 9.42. The quantitative estimate of drug-likeness (QED) is 0.830. The van der Waals surface area contributed by atoms with Crippen LogP contribution in [0.1, 0.15) is 17.5 Å². The average molecular weight is 350 g/mol. The molecule has 2 aromatic rings. The van der Waals surface area contributed by atoms with E-state index in [-0.39, 0.29) is 5.92 Å². The zero-order valence-electron chi connectivity index (χ0n) is 15.3. The van der Waals surface area contributed by atoms with Crippen LogP contribution in [0.3, 0.4) is 0 Å². The first-order valence-electron chi connectivity index (χ1n) is 9.42. The summed E-state index contributed by atoms with van der Waals surface area (Å²) in [6.45, 7) is 4.18. The van der Waals surface area contributed by atoms with Crippen LogP contribution in [0.15, 0.2) is 54.6 Å². The lowest BCUT2D eigenvalue weighted by Gasteiger charge is -2.30. The predicted octanol–water partition coefficient (Wildman–Crippen LogP) is 3.18. The van der Waals surface area contributed by atoms with Crippen LogP contribution >= 0.6 is 0 Å². The molecule has 2 heterocycles. The first-order chi connectivity index (χ1) is 12.7. The topological polar surface area (TPSA) is 32.8 Å². The van der Waals surface area contributed by atoms with E-state index in [1.807, 2.05) is 42.3 Å². The average Bonchev–Trinajstić information content (AvgIpc) is 3.08. The summed E-state index contributed by atoms with van der Waals surface area (Å²) in [5, 5.41) is 0. The van der Waals surface area contributed by atoms with Crippen LogP contribution in [0.4, 0.5) is 0 Å². The fourth-order valence-corrected chi connectivity index (χ4v) is 4.17. The standard InChI is InChI=1S/C22H26N2O2/c1-23-12-11-18-13-24(15-20(18)22(23)25)14-19-9-5-6-10-21(19)26-16-17-7-3-2-4-8-17/h2-10,18,20H,11-16H2,1H3/t18-,20+/m1/s1. The van der Waals surface area contributed by atoms with Crippen molar-refractivity contribution in [2.24, 2.45) is 11.8 Å². The first kappa shape index (κ1) is 17.1. The molecule has 2 saturated heterocycles. The fourth-order valence-electron chi connectivity index (χ4n) is 4.17. The van der Waals surface area contributed by atoms with E-state index in [0.29, 0.717) is 18.4 Å². The van der Waals surface area contributed by atoms with Gasteiger partial charge in [0.05, 0.1) is 5.92 Å². The molecule has 0 aromatic heterocycles. The van der Waals surface area contributed by atoms with Crippen LogP contribution in [0.25, 0.3) is 0 Å². The maximum absolute atomic E-state index is 12.4. The van der Waals surface area contributed by atoms with Gasteiger partial charge in [-0.05, 0) is 24.0 Å². The highest BCUT2D eigenvalue weighted by Crippen LogP contribution is 2.33. The van der Waals surface area contributed by atoms with Gasteiger partial charge in [0.25, 0.3) is 0 Å². The maximum Gasteiger partial charge on any atom is 0.227 e.